The average Bonchev–Trinajstić information content (AvgIpc) is 3.25. The highest BCUT2D eigenvalue weighted by atomic mass is 35.5. The maximum Gasteiger partial charge on any atom is 0.316 e. The fourth-order valence-electron chi connectivity index (χ4n) is 2.70. The number of anilines is 2. The SMILES string of the molecule is Cc1ccc(Nc2nnc(SCc3ccc(Cl)cc3)n(-n3cccc3)c2=O)cc1. The minimum atomic E-state index is -0.282. The largest absolute Gasteiger partial charge is 0.334 e. The van der Waals surface area contributed by atoms with Crippen LogP contribution in [0.5, 0.6) is 0 Å². The van der Waals surface area contributed by atoms with Crippen LogP contribution in [0.2, 0.25) is 5.02 Å². The van der Waals surface area contributed by atoms with E-state index < -0.39 is 0 Å². The van der Waals surface area contributed by atoms with Crippen LogP contribution in [0.1, 0.15) is 11.1 Å². The molecule has 4 rings (SSSR count). The highest BCUT2D eigenvalue weighted by Crippen LogP contribution is 2.22. The number of aryl methyl sites for hydroxylation is 1. The standard InChI is InChI=1S/C21H18ClN5OS/c1-15-4-10-18(11-5-15)23-19-20(28)27(26-12-2-3-13-26)21(25-24-19)29-14-16-6-8-17(22)9-7-16/h2-13H,14H2,1H3,(H,23,24). The van der Waals surface area contributed by atoms with Gasteiger partial charge in [-0.05, 0) is 48.9 Å². The third-order valence-corrected chi connectivity index (χ3v) is 5.47. The zero-order chi connectivity index (χ0) is 20.2. The molecule has 4 aromatic rings. The first-order valence-corrected chi connectivity index (χ1v) is 10.3. The van der Waals surface area contributed by atoms with Crippen molar-refractivity contribution in [3.8, 4) is 0 Å². The summed E-state index contributed by atoms with van der Waals surface area (Å²) in [5, 5.41) is 12.7. The molecule has 0 saturated carbocycles. The van der Waals surface area contributed by atoms with Crippen LogP contribution in [-0.4, -0.2) is 19.5 Å². The number of rotatable bonds is 6. The molecule has 0 aliphatic rings. The zero-order valence-corrected chi connectivity index (χ0v) is 17.2. The summed E-state index contributed by atoms with van der Waals surface area (Å²) >= 11 is 7.38. The molecule has 0 spiro atoms. The second kappa shape index (κ2) is 8.55. The van der Waals surface area contributed by atoms with Gasteiger partial charge >= 0.3 is 5.56 Å². The van der Waals surface area contributed by atoms with E-state index in [0.29, 0.717) is 15.9 Å². The maximum absolute atomic E-state index is 13.2. The molecule has 0 radical (unpaired) electrons. The van der Waals surface area contributed by atoms with Gasteiger partial charge in [-0.25, -0.2) is 0 Å². The maximum atomic E-state index is 13.2. The van der Waals surface area contributed by atoms with Gasteiger partial charge in [-0.1, -0.05) is 53.2 Å². The molecule has 0 aliphatic heterocycles. The molecule has 1 N–H and O–H groups in total. The van der Waals surface area contributed by atoms with Crippen molar-refractivity contribution >= 4 is 34.9 Å². The van der Waals surface area contributed by atoms with Crippen molar-refractivity contribution in [2.24, 2.45) is 0 Å². The summed E-state index contributed by atoms with van der Waals surface area (Å²) in [6.45, 7) is 2.01. The van der Waals surface area contributed by atoms with Crippen LogP contribution in [0.15, 0.2) is 83.0 Å². The Labute approximate surface area is 177 Å². The van der Waals surface area contributed by atoms with E-state index in [2.05, 4.69) is 15.5 Å². The monoisotopic (exact) mass is 423 g/mol. The molecular formula is C21H18ClN5OS. The third-order valence-electron chi connectivity index (χ3n) is 4.23. The number of thioether (sulfide) groups is 1. The van der Waals surface area contributed by atoms with E-state index in [0.717, 1.165) is 16.8 Å². The Morgan fingerprint density at radius 1 is 1.00 bits per heavy atom. The minimum Gasteiger partial charge on any atom is -0.334 e. The van der Waals surface area contributed by atoms with E-state index in [1.165, 1.54) is 16.4 Å². The van der Waals surface area contributed by atoms with Crippen molar-refractivity contribution in [3.63, 3.8) is 0 Å². The molecule has 0 aliphatic carbocycles. The van der Waals surface area contributed by atoms with Crippen molar-refractivity contribution in [2.75, 3.05) is 5.32 Å². The summed E-state index contributed by atoms with van der Waals surface area (Å²) in [5.41, 5.74) is 2.72. The molecule has 2 heterocycles. The number of halogens is 1. The van der Waals surface area contributed by atoms with Gasteiger partial charge in [0.1, 0.15) is 0 Å². The van der Waals surface area contributed by atoms with Crippen LogP contribution in [0.25, 0.3) is 0 Å². The van der Waals surface area contributed by atoms with Gasteiger partial charge in [0.05, 0.1) is 0 Å². The zero-order valence-electron chi connectivity index (χ0n) is 15.6. The smallest absolute Gasteiger partial charge is 0.316 e. The van der Waals surface area contributed by atoms with Gasteiger partial charge in [0.25, 0.3) is 0 Å². The topological polar surface area (TPSA) is 64.7 Å². The minimum absolute atomic E-state index is 0.165. The summed E-state index contributed by atoms with van der Waals surface area (Å²) in [7, 11) is 0. The van der Waals surface area contributed by atoms with E-state index >= 15 is 0 Å². The molecular weight excluding hydrogens is 406 g/mol. The molecule has 29 heavy (non-hydrogen) atoms. The number of benzene rings is 2. The van der Waals surface area contributed by atoms with Crippen molar-refractivity contribution < 1.29 is 0 Å². The Morgan fingerprint density at radius 3 is 2.38 bits per heavy atom. The van der Waals surface area contributed by atoms with Crippen molar-refractivity contribution in [2.45, 2.75) is 17.8 Å². The number of hydrogen-bond acceptors (Lipinski definition) is 5. The van der Waals surface area contributed by atoms with Gasteiger partial charge in [0, 0.05) is 28.9 Å². The van der Waals surface area contributed by atoms with E-state index in [-0.39, 0.29) is 11.4 Å². The quantitative estimate of drug-likeness (QED) is 0.453. The summed E-state index contributed by atoms with van der Waals surface area (Å²) < 4.78 is 3.20. The van der Waals surface area contributed by atoms with Crippen LogP contribution < -0.4 is 10.9 Å². The third kappa shape index (κ3) is 4.52. The van der Waals surface area contributed by atoms with Crippen LogP contribution in [-0.2, 0) is 5.75 Å². The lowest BCUT2D eigenvalue weighted by molar-refractivity contribution is 0.533. The molecule has 8 heteroatoms. The van der Waals surface area contributed by atoms with Gasteiger partial charge in [-0.2, -0.15) is 4.68 Å². The first-order valence-electron chi connectivity index (χ1n) is 8.94. The van der Waals surface area contributed by atoms with E-state index in [1.807, 2.05) is 67.6 Å². The van der Waals surface area contributed by atoms with Gasteiger partial charge in [-0.15, -0.1) is 10.2 Å². The molecule has 146 valence electrons. The predicted molar refractivity (Wildman–Crippen MR) is 117 cm³/mol. The van der Waals surface area contributed by atoms with Crippen molar-refractivity contribution in [1.82, 2.24) is 19.5 Å². The molecule has 2 aromatic heterocycles. The van der Waals surface area contributed by atoms with E-state index in [1.54, 1.807) is 17.1 Å². The van der Waals surface area contributed by atoms with Gasteiger partial charge in [0.2, 0.25) is 11.0 Å². The molecule has 0 fully saturated rings. The lowest BCUT2D eigenvalue weighted by atomic mass is 10.2. The number of aromatic nitrogens is 4. The Kier molecular flexibility index (Phi) is 5.69. The molecule has 0 bridgehead atoms. The van der Waals surface area contributed by atoms with Gasteiger partial charge in [-0.3, -0.25) is 9.47 Å². The Balaban J connectivity index is 1.66. The molecule has 6 nitrogen and oxygen atoms in total. The van der Waals surface area contributed by atoms with E-state index in [4.69, 9.17) is 11.6 Å². The second-order valence-corrected chi connectivity index (χ2v) is 7.80. The summed E-state index contributed by atoms with van der Waals surface area (Å²) in [6.07, 6.45) is 3.59. The molecule has 0 amide bonds. The second-order valence-electron chi connectivity index (χ2n) is 6.42. The Hall–Kier alpha value is -3.03. The fourth-order valence-corrected chi connectivity index (χ4v) is 3.71. The highest BCUT2D eigenvalue weighted by molar-refractivity contribution is 7.98. The Bertz CT molecular complexity index is 1160. The number of hydrogen-bond donors (Lipinski definition) is 1. The molecule has 2 aromatic carbocycles. The van der Waals surface area contributed by atoms with Crippen LogP contribution in [0, 0.1) is 6.92 Å². The van der Waals surface area contributed by atoms with Crippen molar-refractivity contribution in [1.29, 1.82) is 0 Å². The fraction of sp³-hybridized carbons (Fsp3) is 0.0952. The molecule has 0 atom stereocenters. The normalized spacial score (nSPS) is 10.8. The summed E-state index contributed by atoms with van der Waals surface area (Å²) in [5.74, 6) is 0.801. The summed E-state index contributed by atoms with van der Waals surface area (Å²) in [6, 6.07) is 19.0. The van der Waals surface area contributed by atoms with E-state index in [9.17, 15) is 4.79 Å². The van der Waals surface area contributed by atoms with Gasteiger partial charge in [0.15, 0.2) is 0 Å². The summed E-state index contributed by atoms with van der Waals surface area (Å²) in [4.78, 5) is 13.2. The van der Waals surface area contributed by atoms with Crippen LogP contribution >= 0.6 is 23.4 Å². The lowest BCUT2D eigenvalue weighted by Gasteiger charge is -2.14. The van der Waals surface area contributed by atoms with Crippen LogP contribution in [0.4, 0.5) is 11.5 Å². The predicted octanol–water partition coefficient (Wildman–Crippen LogP) is 4.75. The van der Waals surface area contributed by atoms with Gasteiger partial charge < -0.3 is 5.32 Å². The average molecular weight is 424 g/mol. The van der Waals surface area contributed by atoms with Crippen molar-refractivity contribution in [3.05, 3.63) is 99.6 Å². The number of nitrogens with one attached hydrogen (secondary N) is 1. The first-order chi connectivity index (χ1) is 14.1. The molecule has 0 unspecified atom stereocenters. The molecule has 0 saturated heterocycles. The highest BCUT2D eigenvalue weighted by Gasteiger charge is 2.14. The lowest BCUT2D eigenvalue weighted by Crippen LogP contribution is -2.30. The first kappa shape index (κ1) is 19.3. The van der Waals surface area contributed by atoms with Crippen LogP contribution in [0.3, 0.4) is 0 Å². The number of nitrogens with zero attached hydrogens (tertiary/aromatic N) is 4. The Morgan fingerprint density at radius 2 is 1.69 bits per heavy atom.